The summed E-state index contributed by atoms with van der Waals surface area (Å²) in [6.07, 6.45) is 2.37. The van der Waals surface area contributed by atoms with E-state index in [0.717, 1.165) is 4.90 Å². The monoisotopic (exact) mass is 670 g/mol. The van der Waals surface area contributed by atoms with E-state index < -0.39 is 23.6 Å². The first-order valence-electron chi connectivity index (χ1n) is 14.4. The molecule has 0 aliphatic carbocycles. The molecule has 0 radical (unpaired) electrons. The number of aromatic carboxylic acids is 1. The number of methoxy groups -OCH3 is 1. The first-order chi connectivity index (χ1) is 21.5. The van der Waals surface area contributed by atoms with Crippen LogP contribution < -0.4 is 15.2 Å². The average Bonchev–Trinajstić information content (AvgIpc) is 3.38. The number of amides is 1. The number of benzene rings is 1. The summed E-state index contributed by atoms with van der Waals surface area (Å²) >= 11 is 12.6. The number of aryl methyl sites for hydroxylation is 1. The lowest BCUT2D eigenvalue weighted by Crippen LogP contribution is -2.35. The largest absolute Gasteiger partial charge is 0.479 e. The number of hydrogen-bond acceptors (Lipinski definition) is 8. The molecule has 1 atom stereocenters. The third-order valence-corrected chi connectivity index (χ3v) is 7.55. The van der Waals surface area contributed by atoms with Gasteiger partial charge < -0.3 is 19.1 Å². The summed E-state index contributed by atoms with van der Waals surface area (Å²) in [5.74, 6) is -2.15. The van der Waals surface area contributed by atoms with Gasteiger partial charge in [0, 0.05) is 42.4 Å². The van der Waals surface area contributed by atoms with Crippen LogP contribution in [0.2, 0.25) is 10.0 Å². The number of nitrogens with zero attached hydrogens (tertiary/aromatic N) is 6. The highest BCUT2D eigenvalue weighted by Crippen LogP contribution is 2.39. The second-order valence-corrected chi connectivity index (χ2v) is 12.9. The van der Waals surface area contributed by atoms with Gasteiger partial charge in [-0.2, -0.15) is 10.1 Å². The van der Waals surface area contributed by atoms with Gasteiger partial charge in [-0.25, -0.2) is 24.2 Å². The number of ether oxygens (including phenoxy) is 2. The molecular formula is C32H36Cl2N6O6. The van der Waals surface area contributed by atoms with Crippen LogP contribution in [0, 0.1) is 0 Å². The Labute approximate surface area is 276 Å². The van der Waals surface area contributed by atoms with Gasteiger partial charge >= 0.3 is 12.1 Å². The Morgan fingerprint density at radius 1 is 1.11 bits per heavy atom. The van der Waals surface area contributed by atoms with Crippen molar-refractivity contribution in [2.45, 2.75) is 58.5 Å². The van der Waals surface area contributed by atoms with Crippen molar-refractivity contribution in [1.29, 1.82) is 0 Å². The van der Waals surface area contributed by atoms with Gasteiger partial charge in [-0.05, 0) is 56.9 Å². The van der Waals surface area contributed by atoms with Crippen molar-refractivity contribution in [1.82, 2.24) is 24.3 Å². The van der Waals surface area contributed by atoms with Crippen molar-refractivity contribution in [2.24, 2.45) is 7.05 Å². The van der Waals surface area contributed by atoms with Gasteiger partial charge in [-0.15, -0.1) is 0 Å². The van der Waals surface area contributed by atoms with Crippen LogP contribution in [0.25, 0.3) is 5.69 Å². The first kappa shape index (κ1) is 34.5. The quantitative estimate of drug-likeness (QED) is 0.219. The number of anilines is 1. The van der Waals surface area contributed by atoms with Gasteiger partial charge in [-0.3, -0.25) is 4.79 Å². The Bertz CT molecular complexity index is 1830. The molecule has 1 aromatic carbocycles. The summed E-state index contributed by atoms with van der Waals surface area (Å²) in [7, 11) is 4.46. The molecule has 0 saturated carbocycles. The van der Waals surface area contributed by atoms with E-state index in [1.54, 1.807) is 58.2 Å². The zero-order chi connectivity index (χ0) is 34.1. The third-order valence-electron chi connectivity index (χ3n) is 7.09. The number of carboxylic acids is 1. The molecule has 0 saturated heterocycles. The number of aromatic nitrogens is 5. The van der Waals surface area contributed by atoms with Crippen LogP contribution in [-0.4, -0.2) is 61.2 Å². The minimum absolute atomic E-state index is 0.00243. The Morgan fingerprint density at radius 3 is 2.33 bits per heavy atom. The van der Waals surface area contributed by atoms with Crippen LogP contribution >= 0.6 is 23.2 Å². The van der Waals surface area contributed by atoms with Crippen molar-refractivity contribution in [2.75, 3.05) is 19.1 Å². The smallest absolute Gasteiger partial charge is 0.416 e. The molecule has 1 N–H and O–H groups in total. The van der Waals surface area contributed by atoms with Gasteiger partial charge in [0.1, 0.15) is 11.3 Å². The molecule has 244 valence electrons. The maximum atomic E-state index is 13.2. The standard InChI is InChI=1S/C32H36Cl2N6O6/c1-17(2)26-24(22(18-9-11-20(33)12-10-18)14-19-13-21(34)16-38(6)28(19)41)25(29(42)43)37-40(26)23-15-35-30(36-27(23)45-8)39(7)31(44)46-32(3,4)5/h9-13,15-17,22H,14H2,1-8H3,(H,42,43). The van der Waals surface area contributed by atoms with E-state index in [9.17, 15) is 19.5 Å². The summed E-state index contributed by atoms with van der Waals surface area (Å²) in [6, 6.07) is 8.58. The van der Waals surface area contributed by atoms with Gasteiger partial charge in [0.2, 0.25) is 11.8 Å². The molecule has 0 bridgehead atoms. The molecule has 12 nitrogen and oxygen atoms in total. The zero-order valence-corrected chi connectivity index (χ0v) is 28.3. The van der Waals surface area contributed by atoms with E-state index in [4.69, 9.17) is 32.7 Å². The second kappa shape index (κ2) is 13.5. The Balaban J connectivity index is 1.96. The van der Waals surface area contributed by atoms with Crippen molar-refractivity contribution < 1.29 is 24.2 Å². The van der Waals surface area contributed by atoms with E-state index in [2.05, 4.69) is 15.1 Å². The fourth-order valence-electron chi connectivity index (χ4n) is 5.09. The third kappa shape index (κ3) is 7.34. The minimum atomic E-state index is -1.27. The minimum Gasteiger partial charge on any atom is -0.479 e. The van der Waals surface area contributed by atoms with E-state index >= 15 is 0 Å². The number of carbonyl (C=O) groups excluding carboxylic acids is 1. The topological polar surface area (TPSA) is 142 Å². The number of carboxylic acid groups (broad SMARTS) is 1. The normalized spacial score (nSPS) is 12.2. The maximum absolute atomic E-state index is 13.2. The lowest BCUT2D eigenvalue weighted by Gasteiger charge is -2.24. The van der Waals surface area contributed by atoms with E-state index in [0.29, 0.717) is 32.4 Å². The molecule has 0 aliphatic rings. The molecule has 46 heavy (non-hydrogen) atoms. The molecule has 4 rings (SSSR count). The fourth-order valence-corrected chi connectivity index (χ4v) is 5.49. The average molecular weight is 672 g/mol. The number of pyridine rings is 1. The maximum Gasteiger partial charge on any atom is 0.416 e. The van der Waals surface area contributed by atoms with Crippen molar-refractivity contribution in [3.63, 3.8) is 0 Å². The van der Waals surface area contributed by atoms with Crippen LogP contribution in [0.5, 0.6) is 5.88 Å². The molecular weight excluding hydrogens is 635 g/mol. The van der Waals surface area contributed by atoms with Gasteiger partial charge in [0.25, 0.3) is 5.56 Å². The molecule has 14 heteroatoms. The molecule has 4 aromatic rings. The highest BCUT2D eigenvalue weighted by molar-refractivity contribution is 6.30. The Morgan fingerprint density at radius 2 is 1.76 bits per heavy atom. The number of hydrogen-bond donors (Lipinski definition) is 1. The molecule has 1 unspecified atom stereocenters. The van der Waals surface area contributed by atoms with E-state index in [1.165, 1.54) is 35.8 Å². The Kier molecular flexibility index (Phi) is 10.1. The lowest BCUT2D eigenvalue weighted by atomic mass is 9.83. The highest BCUT2D eigenvalue weighted by atomic mass is 35.5. The van der Waals surface area contributed by atoms with Crippen LogP contribution in [0.3, 0.4) is 0 Å². The summed E-state index contributed by atoms with van der Waals surface area (Å²) in [5.41, 5.74) is 1.05. The predicted molar refractivity (Wildman–Crippen MR) is 175 cm³/mol. The molecule has 3 aromatic heterocycles. The first-order valence-corrected chi connectivity index (χ1v) is 15.1. The number of carbonyl (C=O) groups is 2. The van der Waals surface area contributed by atoms with Crippen LogP contribution in [0.4, 0.5) is 10.7 Å². The number of halogens is 2. The highest BCUT2D eigenvalue weighted by Gasteiger charge is 2.34. The molecule has 0 spiro atoms. The van der Waals surface area contributed by atoms with Gasteiger partial charge in [0.15, 0.2) is 5.69 Å². The summed E-state index contributed by atoms with van der Waals surface area (Å²) in [5, 5.41) is 15.9. The SMILES string of the molecule is COc1nc(N(C)C(=O)OC(C)(C)C)ncc1-n1nc(C(=O)O)c(C(Cc2cc(Cl)cn(C)c2=O)c2ccc(Cl)cc2)c1C(C)C. The molecule has 3 heterocycles. The van der Waals surface area contributed by atoms with Crippen molar-refractivity contribution in [3.05, 3.63) is 91.2 Å². The lowest BCUT2D eigenvalue weighted by molar-refractivity contribution is 0.0586. The van der Waals surface area contributed by atoms with Crippen molar-refractivity contribution >= 4 is 41.2 Å². The van der Waals surface area contributed by atoms with Crippen LogP contribution in [0.15, 0.2) is 47.5 Å². The number of rotatable bonds is 9. The second-order valence-electron chi connectivity index (χ2n) is 12.0. The fraction of sp³-hybridized carbons (Fsp3) is 0.375. The molecule has 1 amide bonds. The van der Waals surface area contributed by atoms with Crippen LogP contribution in [-0.2, 0) is 18.2 Å². The zero-order valence-electron chi connectivity index (χ0n) is 26.8. The predicted octanol–water partition coefficient (Wildman–Crippen LogP) is 6.24. The van der Waals surface area contributed by atoms with E-state index in [-0.39, 0.29) is 41.1 Å². The van der Waals surface area contributed by atoms with Crippen LogP contribution in [0.1, 0.15) is 79.3 Å². The summed E-state index contributed by atoms with van der Waals surface area (Å²) in [6.45, 7) is 9.03. The Hall–Kier alpha value is -4.42. The molecule has 0 fully saturated rings. The van der Waals surface area contributed by atoms with Gasteiger partial charge in [-0.1, -0.05) is 49.2 Å². The summed E-state index contributed by atoms with van der Waals surface area (Å²) in [4.78, 5) is 48.7. The van der Waals surface area contributed by atoms with Crippen molar-refractivity contribution in [3.8, 4) is 11.6 Å². The summed E-state index contributed by atoms with van der Waals surface area (Å²) < 4.78 is 13.9. The van der Waals surface area contributed by atoms with E-state index in [1.807, 2.05) is 13.8 Å². The van der Waals surface area contributed by atoms with Gasteiger partial charge in [0.05, 0.1) is 24.0 Å². The molecule has 0 aliphatic heterocycles.